The molecule has 6 aromatic rings. The van der Waals surface area contributed by atoms with Crippen LogP contribution in [0.25, 0.3) is 22.1 Å². The van der Waals surface area contributed by atoms with Crippen LogP contribution in [-0.2, 0) is 16.1 Å². The number of hydrogen-bond donors (Lipinski definition) is 2. The topological polar surface area (TPSA) is 151 Å². The number of carbonyl (C=O) groups excluding carboxylic acids is 2. The number of para-hydroxylation sites is 1. The van der Waals surface area contributed by atoms with Gasteiger partial charge in [-0.1, -0.05) is 106 Å². The van der Waals surface area contributed by atoms with E-state index in [1.54, 1.807) is 40.1 Å². The van der Waals surface area contributed by atoms with Crippen LogP contribution in [0.15, 0.2) is 115 Å². The van der Waals surface area contributed by atoms with Gasteiger partial charge in [0, 0.05) is 42.0 Å². The van der Waals surface area contributed by atoms with Crippen LogP contribution in [0.1, 0.15) is 124 Å². The van der Waals surface area contributed by atoms with Crippen LogP contribution < -0.4 is 16.6 Å². The molecule has 316 valence electrons. The maximum absolute atomic E-state index is 14.5. The number of aromatic nitrogens is 6. The number of fused-ring (bicyclic) bond motifs is 2. The molecule has 4 heterocycles. The molecule has 0 radical (unpaired) electrons. The van der Waals surface area contributed by atoms with Crippen molar-refractivity contribution in [3.63, 3.8) is 0 Å². The number of allylic oxidation sites excluding steroid dienone is 4. The zero-order valence-corrected chi connectivity index (χ0v) is 35.3. The van der Waals surface area contributed by atoms with Crippen molar-refractivity contribution >= 4 is 34.1 Å². The number of pyridine rings is 1. The van der Waals surface area contributed by atoms with Crippen LogP contribution in [-0.4, -0.2) is 47.4 Å². The number of rotatable bonds is 21. The van der Waals surface area contributed by atoms with E-state index >= 15 is 0 Å². The summed E-state index contributed by atoms with van der Waals surface area (Å²) < 4.78 is 10.2. The molecular formula is C49H56N8O4. The van der Waals surface area contributed by atoms with Gasteiger partial charge >= 0.3 is 5.97 Å². The second-order valence-electron chi connectivity index (χ2n) is 15.1. The largest absolute Gasteiger partial charge is 0.464 e. The normalized spacial score (nSPS) is 12.0. The third kappa shape index (κ3) is 12.2. The highest BCUT2D eigenvalue weighted by Gasteiger charge is 2.24. The summed E-state index contributed by atoms with van der Waals surface area (Å²) in [5, 5.41) is 12.7. The zero-order chi connectivity index (χ0) is 42.8. The molecule has 12 nitrogen and oxygen atoms in total. The van der Waals surface area contributed by atoms with Crippen LogP contribution in [0.2, 0.25) is 0 Å². The summed E-state index contributed by atoms with van der Waals surface area (Å²) in [4.78, 5) is 44.7. The molecule has 0 aliphatic carbocycles. The van der Waals surface area contributed by atoms with E-state index in [0.717, 1.165) is 32.1 Å². The van der Waals surface area contributed by atoms with Gasteiger partial charge in [-0.25, -0.2) is 9.50 Å². The molecule has 0 saturated carbocycles. The summed E-state index contributed by atoms with van der Waals surface area (Å²) in [6, 6.07) is 17.8. The fourth-order valence-electron chi connectivity index (χ4n) is 7.21. The van der Waals surface area contributed by atoms with E-state index in [9.17, 15) is 14.4 Å². The number of amides is 1. The average Bonchev–Trinajstić information content (AvgIpc) is 3.87. The average molecular weight is 821 g/mol. The SMILES string of the molecule is CCCCC/C=C\C/C=C\CCCCCCCC(=O)OCCn1cc(C#Cc2cccc3cc([C@H](C)NC(=O)c4c(N)nn5cccnc45)n(-c4ccccc4)c(=O)c23)cn1. The first-order valence-corrected chi connectivity index (χ1v) is 21.5. The molecule has 12 heteroatoms. The summed E-state index contributed by atoms with van der Waals surface area (Å²) in [5.74, 6) is 5.74. The van der Waals surface area contributed by atoms with Gasteiger partial charge in [-0.15, -0.1) is 5.10 Å². The van der Waals surface area contributed by atoms with Crippen molar-refractivity contribution in [1.29, 1.82) is 0 Å². The molecule has 6 rings (SSSR count). The number of nitrogens with two attached hydrogens (primary N) is 1. The summed E-state index contributed by atoms with van der Waals surface area (Å²) in [5.41, 5.74) is 8.76. The highest BCUT2D eigenvalue weighted by Crippen LogP contribution is 2.25. The van der Waals surface area contributed by atoms with Crippen LogP contribution in [0.3, 0.4) is 0 Å². The monoisotopic (exact) mass is 820 g/mol. The van der Waals surface area contributed by atoms with Gasteiger partial charge in [-0.3, -0.25) is 23.6 Å². The predicted octanol–water partition coefficient (Wildman–Crippen LogP) is 9.06. The molecule has 0 aliphatic heterocycles. The first-order valence-electron chi connectivity index (χ1n) is 21.5. The van der Waals surface area contributed by atoms with Gasteiger partial charge in [0.25, 0.3) is 11.5 Å². The fourth-order valence-corrected chi connectivity index (χ4v) is 7.21. The van der Waals surface area contributed by atoms with Crippen molar-refractivity contribution in [3.05, 3.63) is 142 Å². The van der Waals surface area contributed by atoms with Crippen molar-refractivity contribution < 1.29 is 14.3 Å². The highest BCUT2D eigenvalue weighted by molar-refractivity contribution is 6.04. The number of nitrogens with zero attached hydrogens (tertiary/aromatic N) is 6. The Morgan fingerprint density at radius 2 is 1.69 bits per heavy atom. The van der Waals surface area contributed by atoms with Crippen molar-refractivity contribution in [3.8, 4) is 17.5 Å². The Kier molecular flexibility index (Phi) is 16.2. The number of anilines is 1. The van der Waals surface area contributed by atoms with Gasteiger partial charge in [-0.2, -0.15) is 5.10 Å². The summed E-state index contributed by atoms with van der Waals surface area (Å²) in [6.07, 6.45) is 28.7. The predicted molar refractivity (Wildman–Crippen MR) is 241 cm³/mol. The van der Waals surface area contributed by atoms with E-state index in [2.05, 4.69) is 63.6 Å². The molecular weight excluding hydrogens is 765 g/mol. The molecule has 0 fully saturated rings. The van der Waals surface area contributed by atoms with Crippen LogP contribution in [0.4, 0.5) is 5.82 Å². The lowest BCUT2D eigenvalue weighted by atomic mass is 10.0. The molecule has 61 heavy (non-hydrogen) atoms. The number of nitrogen functional groups attached to an aromatic ring is 1. The van der Waals surface area contributed by atoms with E-state index in [1.165, 1.54) is 43.0 Å². The smallest absolute Gasteiger partial charge is 0.305 e. The number of ether oxygens (including phenoxy) is 1. The van der Waals surface area contributed by atoms with Gasteiger partial charge in [0.2, 0.25) is 0 Å². The van der Waals surface area contributed by atoms with E-state index in [1.807, 2.05) is 61.5 Å². The molecule has 3 N–H and O–H groups in total. The summed E-state index contributed by atoms with van der Waals surface area (Å²) in [6.45, 7) is 4.68. The van der Waals surface area contributed by atoms with Crippen molar-refractivity contribution in [2.75, 3.05) is 12.3 Å². The Morgan fingerprint density at radius 3 is 2.49 bits per heavy atom. The van der Waals surface area contributed by atoms with Gasteiger partial charge in [0.1, 0.15) is 12.2 Å². The number of hydrogen-bond acceptors (Lipinski definition) is 8. The van der Waals surface area contributed by atoms with Crippen LogP contribution in [0, 0.1) is 11.8 Å². The molecule has 4 aromatic heterocycles. The lowest BCUT2D eigenvalue weighted by molar-refractivity contribution is -0.144. The summed E-state index contributed by atoms with van der Waals surface area (Å²) >= 11 is 0. The van der Waals surface area contributed by atoms with Crippen LogP contribution >= 0.6 is 0 Å². The van der Waals surface area contributed by atoms with Gasteiger partial charge in [0.15, 0.2) is 11.5 Å². The van der Waals surface area contributed by atoms with Crippen molar-refractivity contribution in [2.45, 2.75) is 103 Å². The van der Waals surface area contributed by atoms with Gasteiger partial charge in [0.05, 0.1) is 29.7 Å². The van der Waals surface area contributed by atoms with E-state index in [-0.39, 0.29) is 29.5 Å². The number of benzene rings is 2. The third-order valence-corrected chi connectivity index (χ3v) is 10.4. The fraction of sp³-hybridized carbons (Fsp3) is 0.347. The zero-order valence-electron chi connectivity index (χ0n) is 35.3. The maximum Gasteiger partial charge on any atom is 0.305 e. The molecule has 0 unspecified atom stereocenters. The molecule has 1 atom stereocenters. The molecule has 0 spiro atoms. The Morgan fingerprint density at radius 1 is 0.918 bits per heavy atom. The molecule has 0 aliphatic rings. The number of unbranched alkanes of at least 4 members (excludes halogenated alkanes) is 8. The molecule has 1 amide bonds. The first kappa shape index (κ1) is 43.8. The molecule has 2 aromatic carbocycles. The minimum absolute atomic E-state index is 0.0534. The second kappa shape index (κ2) is 22.6. The molecule has 0 bridgehead atoms. The van der Waals surface area contributed by atoms with E-state index < -0.39 is 11.9 Å². The second-order valence-corrected chi connectivity index (χ2v) is 15.1. The Hall–Kier alpha value is -6.74. The van der Waals surface area contributed by atoms with Gasteiger partial charge < -0.3 is 15.8 Å². The number of nitrogens with one attached hydrogen (secondary N) is 1. The van der Waals surface area contributed by atoms with E-state index in [0.29, 0.717) is 51.9 Å². The Labute approximate surface area is 357 Å². The van der Waals surface area contributed by atoms with E-state index in [4.69, 9.17) is 10.5 Å². The van der Waals surface area contributed by atoms with Crippen molar-refractivity contribution in [2.24, 2.45) is 0 Å². The Bertz CT molecular complexity index is 2570. The number of esters is 1. The van der Waals surface area contributed by atoms with Gasteiger partial charge in [-0.05, 0) is 81.2 Å². The third-order valence-electron chi connectivity index (χ3n) is 10.4. The maximum atomic E-state index is 14.5. The minimum atomic E-state index is -0.617. The first-order chi connectivity index (χ1) is 29.8. The number of carbonyl (C=O) groups is 2. The standard InChI is InChI=1S/C49H56N8O4/c1-3-4-5-6-7-8-9-10-11-12-13-14-15-16-20-27-43(58)61-33-32-55-36-38(35-52-55)28-29-39-23-21-24-40-34-42(57(49(60)44(39)40)41-25-18-17-19-26-41)37(2)53-48(59)45-46(50)54-56-31-22-30-51-47(45)56/h7-8,10-11,17-19,21-26,30-31,34-37H,3-6,9,12-16,20,27,32-33H2,1-2H3,(H2,50,54)(H,53,59)/b8-7-,11-10-/t37-/m0/s1. The minimum Gasteiger partial charge on any atom is -0.464 e. The summed E-state index contributed by atoms with van der Waals surface area (Å²) in [7, 11) is 0. The molecule has 0 saturated heterocycles. The lowest BCUT2D eigenvalue weighted by Crippen LogP contribution is -2.32. The highest BCUT2D eigenvalue weighted by atomic mass is 16.5. The quantitative estimate of drug-likeness (QED) is 0.0316. The lowest BCUT2D eigenvalue weighted by Gasteiger charge is -2.21. The van der Waals surface area contributed by atoms with Crippen LogP contribution in [0.5, 0.6) is 0 Å². The van der Waals surface area contributed by atoms with Crippen molar-refractivity contribution in [1.82, 2.24) is 34.3 Å². The Balaban J connectivity index is 1.02.